The van der Waals surface area contributed by atoms with Gasteiger partial charge in [0.05, 0.1) is 23.3 Å². The quantitative estimate of drug-likeness (QED) is 0.671. The van der Waals surface area contributed by atoms with Crippen molar-refractivity contribution in [1.29, 1.82) is 0 Å². The predicted octanol–water partition coefficient (Wildman–Crippen LogP) is 3.60. The lowest BCUT2D eigenvalue weighted by Gasteiger charge is -1.95. The Hall–Kier alpha value is -2.18. The fourth-order valence-corrected chi connectivity index (χ4v) is 1.17. The molecule has 0 atom stereocenters. The first kappa shape index (κ1) is 14.9. The highest BCUT2D eigenvalue weighted by molar-refractivity contribution is 5.74. The monoisotopic (exact) mass is 274 g/mol. The first-order valence-electron chi connectivity index (χ1n) is 5.12. The van der Waals surface area contributed by atoms with Gasteiger partial charge in [0, 0.05) is 6.92 Å². The van der Waals surface area contributed by atoms with E-state index in [2.05, 4.69) is 9.97 Å². The average molecular weight is 274 g/mol. The minimum Gasteiger partial charge on any atom is -0.351 e. The summed E-state index contributed by atoms with van der Waals surface area (Å²) in [6.45, 7) is 0.188. The first-order valence-corrected chi connectivity index (χ1v) is 5.12. The van der Waals surface area contributed by atoms with Crippen molar-refractivity contribution in [3.8, 4) is 11.4 Å². The van der Waals surface area contributed by atoms with Crippen LogP contribution in [0.25, 0.3) is 11.4 Å². The van der Waals surface area contributed by atoms with Crippen molar-refractivity contribution >= 4 is 6.29 Å². The lowest BCUT2D eigenvalue weighted by atomic mass is 10.3. The molecule has 0 radical (unpaired) electrons. The Morgan fingerprint density at radius 1 is 1.21 bits per heavy atom. The average Bonchev–Trinajstić information content (AvgIpc) is 2.76. The molecule has 0 fully saturated rings. The topological polar surface area (TPSA) is 45.8 Å². The van der Waals surface area contributed by atoms with E-state index >= 15 is 0 Å². The van der Waals surface area contributed by atoms with Gasteiger partial charge < -0.3 is 4.98 Å². The van der Waals surface area contributed by atoms with Crippen LogP contribution in [0.4, 0.5) is 17.6 Å². The van der Waals surface area contributed by atoms with E-state index < -0.39 is 6.18 Å². The molecule has 2 aromatic rings. The van der Waals surface area contributed by atoms with E-state index in [0.29, 0.717) is 23.4 Å². The van der Waals surface area contributed by atoms with Gasteiger partial charge in [-0.25, -0.2) is 4.39 Å². The Morgan fingerprint density at radius 3 is 2.26 bits per heavy atom. The van der Waals surface area contributed by atoms with Crippen molar-refractivity contribution < 1.29 is 22.4 Å². The van der Waals surface area contributed by atoms with Gasteiger partial charge >= 0.3 is 6.18 Å². The molecule has 7 heteroatoms. The smallest absolute Gasteiger partial charge is 0.351 e. The van der Waals surface area contributed by atoms with Gasteiger partial charge in [-0.15, -0.1) is 0 Å². The molecule has 2 rings (SSSR count). The minimum atomic E-state index is -4.00. The highest BCUT2D eigenvalue weighted by atomic mass is 19.4. The van der Waals surface area contributed by atoms with E-state index in [1.54, 1.807) is 18.2 Å². The van der Waals surface area contributed by atoms with Crippen molar-refractivity contribution in [3.05, 3.63) is 42.0 Å². The zero-order valence-electron chi connectivity index (χ0n) is 9.83. The minimum absolute atomic E-state index is 0.188. The number of rotatable bonds is 2. The Morgan fingerprint density at radius 2 is 1.84 bits per heavy atom. The molecule has 3 nitrogen and oxygen atoms in total. The molecule has 2 aromatic heterocycles. The number of aromatic nitrogens is 2. The summed E-state index contributed by atoms with van der Waals surface area (Å²) in [5, 5.41) is 0. The lowest BCUT2D eigenvalue weighted by molar-refractivity contribution is -0.110. The number of aldehydes is 1. The van der Waals surface area contributed by atoms with Crippen molar-refractivity contribution in [1.82, 2.24) is 9.97 Å². The normalized spacial score (nSPS) is 10.6. The van der Waals surface area contributed by atoms with Crippen molar-refractivity contribution in [3.63, 3.8) is 0 Å². The van der Waals surface area contributed by atoms with Gasteiger partial charge in [0.15, 0.2) is 6.29 Å². The standard InChI is InChI=1S/C10H7FN2O.C2H3F3/c11-7-1-3-9(12-5-7)10-4-2-8(6-14)13-10;1-2(3,4)5/h1-6,13H;1H3. The number of pyridine rings is 1. The maximum atomic E-state index is 12.5. The lowest BCUT2D eigenvalue weighted by Crippen LogP contribution is -1.95. The molecule has 0 aliphatic carbocycles. The number of carbonyl (C=O) groups is 1. The number of halogens is 4. The fourth-order valence-electron chi connectivity index (χ4n) is 1.17. The van der Waals surface area contributed by atoms with Crippen LogP contribution in [0.5, 0.6) is 0 Å². The Balaban J connectivity index is 0.000000312. The van der Waals surface area contributed by atoms with Crippen LogP contribution >= 0.6 is 0 Å². The van der Waals surface area contributed by atoms with Gasteiger partial charge in [-0.05, 0) is 24.3 Å². The van der Waals surface area contributed by atoms with Crippen molar-refractivity contribution in [2.75, 3.05) is 0 Å². The van der Waals surface area contributed by atoms with Gasteiger partial charge in [-0.1, -0.05) is 0 Å². The van der Waals surface area contributed by atoms with Crippen LogP contribution in [0.2, 0.25) is 0 Å². The van der Waals surface area contributed by atoms with Gasteiger partial charge in [0.1, 0.15) is 5.82 Å². The summed E-state index contributed by atoms with van der Waals surface area (Å²) in [5.74, 6) is -0.379. The predicted molar refractivity (Wildman–Crippen MR) is 61.1 cm³/mol. The van der Waals surface area contributed by atoms with E-state index in [9.17, 15) is 22.4 Å². The fraction of sp³-hybridized carbons (Fsp3) is 0.167. The second-order valence-corrected chi connectivity index (χ2v) is 3.59. The van der Waals surface area contributed by atoms with Crippen LogP contribution < -0.4 is 0 Å². The number of aromatic amines is 1. The molecule has 0 unspecified atom stereocenters. The number of alkyl halides is 3. The molecule has 0 bridgehead atoms. The highest BCUT2D eigenvalue weighted by Gasteiger charge is 2.15. The molecule has 0 saturated heterocycles. The molecular formula is C12H10F4N2O. The summed E-state index contributed by atoms with van der Waals surface area (Å²) in [6, 6.07) is 6.25. The Labute approximate surface area is 106 Å². The largest absolute Gasteiger partial charge is 0.386 e. The van der Waals surface area contributed by atoms with Gasteiger partial charge in [-0.3, -0.25) is 9.78 Å². The van der Waals surface area contributed by atoms with E-state index in [-0.39, 0.29) is 12.7 Å². The zero-order valence-corrected chi connectivity index (χ0v) is 9.83. The summed E-state index contributed by atoms with van der Waals surface area (Å²) >= 11 is 0. The first-order chi connectivity index (χ1) is 8.79. The van der Waals surface area contributed by atoms with Crippen LogP contribution in [0, 0.1) is 5.82 Å². The summed E-state index contributed by atoms with van der Waals surface area (Å²) in [7, 11) is 0. The van der Waals surface area contributed by atoms with Crippen LogP contribution in [0.1, 0.15) is 17.4 Å². The summed E-state index contributed by atoms with van der Waals surface area (Å²) in [5.41, 5.74) is 1.79. The van der Waals surface area contributed by atoms with Crippen molar-refractivity contribution in [2.24, 2.45) is 0 Å². The molecule has 0 saturated carbocycles. The number of nitrogens with one attached hydrogen (secondary N) is 1. The zero-order chi connectivity index (χ0) is 14.5. The van der Waals surface area contributed by atoms with E-state index in [4.69, 9.17) is 0 Å². The second-order valence-electron chi connectivity index (χ2n) is 3.59. The van der Waals surface area contributed by atoms with E-state index in [0.717, 1.165) is 6.20 Å². The molecule has 102 valence electrons. The molecule has 0 aromatic carbocycles. The maximum Gasteiger partial charge on any atom is 0.386 e. The van der Waals surface area contributed by atoms with Crippen LogP contribution in [0.3, 0.4) is 0 Å². The van der Waals surface area contributed by atoms with Crippen LogP contribution in [0.15, 0.2) is 30.5 Å². The Bertz CT molecular complexity index is 525. The summed E-state index contributed by atoms with van der Waals surface area (Å²) < 4.78 is 43.6. The third kappa shape index (κ3) is 5.80. The molecule has 2 heterocycles. The number of carbonyl (C=O) groups excluding carboxylic acids is 1. The summed E-state index contributed by atoms with van der Waals surface area (Å²) in [6.07, 6.45) is -2.15. The third-order valence-electron chi connectivity index (χ3n) is 1.84. The van der Waals surface area contributed by atoms with Gasteiger partial charge in [0.25, 0.3) is 0 Å². The van der Waals surface area contributed by atoms with Crippen LogP contribution in [-0.4, -0.2) is 22.4 Å². The van der Waals surface area contributed by atoms with Gasteiger partial charge in [0.2, 0.25) is 0 Å². The highest BCUT2D eigenvalue weighted by Crippen LogP contribution is 2.15. The number of hydrogen-bond acceptors (Lipinski definition) is 2. The molecule has 0 aliphatic heterocycles. The van der Waals surface area contributed by atoms with E-state index in [1.807, 2.05) is 0 Å². The Kier molecular flexibility index (Phi) is 4.80. The SMILES string of the molecule is CC(F)(F)F.O=Cc1ccc(-c2ccc(F)cn2)[nH]1. The van der Waals surface area contributed by atoms with Crippen molar-refractivity contribution in [2.45, 2.75) is 13.1 Å². The second kappa shape index (κ2) is 6.12. The maximum absolute atomic E-state index is 12.5. The van der Waals surface area contributed by atoms with Crippen LogP contribution in [-0.2, 0) is 0 Å². The third-order valence-corrected chi connectivity index (χ3v) is 1.84. The number of nitrogens with zero attached hydrogens (tertiary/aromatic N) is 1. The molecule has 1 N–H and O–H groups in total. The molecule has 0 amide bonds. The molecule has 0 spiro atoms. The number of hydrogen-bond donors (Lipinski definition) is 1. The molecule has 19 heavy (non-hydrogen) atoms. The molecule has 0 aliphatic rings. The van der Waals surface area contributed by atoms with E-state index in [1.165, 1.54) is 6.07 Å². The summed E-state index contributed by atoms with van der Waals surface area (Å²) in [4.78, 5) is 17.1. The van der Waals surface area contributed by atoms with Gasteiger partial charge in [-0.2, -0.15) is 13.2 Å². The molecular weight excluding hydrogens is 264 g/mol. The number of H-pyrrole nitrogens is 1.